The molecule has 2 aromatic rings. The van der Waals surface area contributed by atoms with E-state index in [1.807, 2.05) is 12.1 Å². The van der Waals surface area contributed by atoms with Crippen LogP contribution in [0, 0.1) is 0 Å². The van der Waals surface area contributed by atoms with Crippen molar-refractivity contribution in [1.29, 1.82) is 0 Å². The van der Waals surface area contributed by atoms with E-state index in [1.165, 1.54) is 11.1 Å². The summed E-state index contributed by atoms with van der Waals surface area (Å²) in [5.41, 5.74) is 2.48. The summed E-state index contributed by atoms with van der Waals surface area (Å²) in [6.45, 7) is 1.87. The molecule has 0 aliphatic carbocycles. The van der Waals surface area contributed by atoms with E-state index in [4.69, 9.17) is 4.74 Å². The SMILES string of the molecule is c1ccc(C2CCNCc3ccccc3O2)cc1. The Morgan fingerprint density at radius 3 is 2.61 bits per heavy atom. The number of ether oxygens (including phenoxy) is 1. The second-order valence-corrected chi connectivity index (χ2v) is 4.59. The van der Waals surface area contributed by atoms with Gasteiger partial charge in [-0.1, -0.05) is 48.5 Å². The smallest absolute Gasteiger partial charge is 0.125 e. The van der Waals surface area contributed by atoms with E-state index in [1.54, 1.807) is 0 Å². The summed E-state index contributed by atoms with van der Waals surface area (Å²) >= 11 is 0. The normalized spacial score (nSPS) is 19.2. The lowest BCUT2D eigenvalue weighted by molar-refractivity contribution is 0.185. The fourth-order valence-electron chi connectivity index (χ4n) is 2.34. The highest BCUT2D eigenvalue weighted by Gasteiger charge is 2.17. The van der Waals surface area contributed by atoms with Gasteiger partial charge in [0.25, 0.3) is 0 Å². The Labute approximate surface area is 108 Å². The third kappa shape index (κ3) is 2.39. The van der Waals surface area contributed by atoms with Gasteiger partial charge in [-0.15, -0.1) is 0 Å². The predicted molar refractivity (Wildman–Crippen MR) is 72.6 cm³/mol. The number of hydrogen-bond donors (Lipinski definition) is 1. The van der Waals surface area contributed by atoms with Crippen LogP contribution in [0.15, 0.2) is 54.6 Å². The maximum Gasteiger partial charge on any atom is 0.125 e. The van der Waals surface area contributed by atoms with Crippen molar-refractivity contribution in [1.82, 2.24) is 5.32 Å². The van der Waals surface area contributed by atoms with Crippen LogP contribution in [0.5, 0.6) is 5.75 Å². The Hall–Kier alpha value is -1.80. The summed E-state index contributed by atoms with van der Waals surface area (Å²) in [4.78, 5) is 0. The Morgan fingerprint density at radius 1 is 0.944 bits per heavy atom. The number of hydrogen-bond acceptors (Lipinski definition) is 2. The fourth-order valence-corrected chi connectivity index (χ4v) is 2.34. The number of nitrogens with one attached hydrogen (secondary N) is 1. The summed E-state index contributed by atoms with van der Waals surface area (Å²) in [6.07, 6.45) is 1.14. The Kier molecular flexibility index (Phi) is 3.29. The molecule has 1 N–H and O–H groups in total. The van der Waals surface area contributed by atoms with Crippen LogP contribution in [0.1, 0.15) is 23.7 Å². The van der Waals surface area contributed by atoms with E-state index in [0.29, 0.717) is 0 Å². The van der Waals surface area contributed by atoms with Crippen molar-refractivity contribution in [3.8, 4) is 5.75 Å². The van der Waals surface area contributed by atoms with Gasteiger partial charge in [0.05, 0.1) is 0 Å². The standard InChI is InChI=1S/C16H17NO/c1-2-6-13(7-3-1)16-10-11-17-12-14-8-4-5-9-15(14)18-16/h1-9,16-17H,10-12H2. The first-order valence-corrected chi connectivity index (χ1v) is 6.44. The topological polar surface area (TPSA) is 21.3 Å². The molecular formula is C16H17NO. The third-order valence-electron chi connectivity index (χ3n) is 3.31. The van der Waals surface area contributed by atoms with E-state index in [-0.39, 0.29) is 6.10 Å². The van der Waals surface area contributed by atoms with Crippen molar-refractivity contribution in [2.45, 2.75) is 19.1 Å². The number of benzene rings is 2. The van der Waals surface area contributed by atoms with Crippen LogP contribution >= 0.6 is 0 Å². The molecule has 1 aliphatic rings. The van der Waals surface area contributed by atoms with E-state index >= 15 is 0 Å². The summed E-state index contributed by atoms with van der Waals surface area (Å²) in [7, 11) is 0. The molecule has 3 rings (SSSR count). The summed E-state index contributed by atoms with van der Waals surface area (Å²) in [6, 6.07) is 18.7. The third-order valence-corrected chi connectivity index (χ3v) is 3.31. The highest BCUT2D eigenvalue weighted by atomic mass is 16.5. The zero-order chi connectivity index (χ0) is 12.2. The molecule has 0 saturated heterocycles. The molecule has 2 nitrogen and oxygen atoms in total. The van der Waals surface area contributed by atoms with Crippen molar-refractivity contribution in [3.05, 3.63) is 65.7 Å². The minimum atomic E-state index is 0.139. The highest BCUT2D eigenvalue weighted by Crippen LogP contribution is 2.28. The number of para-hydroxylation sites is 1. The van der Waals surface area contributed by atoms with E-state index < -0.39 is 0 Å². The first-order valence-electron chi connectivity index (χ1n) is 6.44. The first kappa shape index (κ1) is 11.3. The van der Waals surface area contributed by atoms with Crippen LogP contribution < -0.4 is 10.1 Å². The van der Waals surface area contributed by atoms with Gasteiger partial charge in [0.2, 0.25) is 0 Å². The molecule has 0 spiro atoms. The number of fused-ring (bicyclic) bond motifs is 1. The lowest BCUT2D eigenvalue weighted by Gasteiger charge is -2.24. The van der Waals surface area contributed by atoms with Gasteiger partial charge in [-0.05, 0) is 18.2 Å². The van der Waals surface area contributed by atoms with Gasteiger partial charge in [0.15, 0.2) is 0 Å². The van der Waals surface area contributed by atoms with Gasteiger partial charge in [-0.3, -0.25) is 0 Å². The largest absolute Gasteiger partial charge is 0.485 e. The molecular weight excluding hydrogens is 222 g/mol. The van der Waals surface area contributed by atoms with Gasteiger partial charge in [-0.25, -0.2) is 0 Å². The molecule has 0 aromatic heterocycles. The second kappa shape index (κ2) is 5.23. The predicted octanol–water partition coefficient (Wildman–Crippen LogP) is 3.30. The van der Waals surface area contributed by atoms with Crippen LogP contribution in [0.4, 0.5) is 0 Å². The van der Waals surface area contributed by atoms with E-state index in [9.17, 15) is 0 Å². The van der Waals surface area contributed by atoms with Gasteiger partial charge in [0.1, 0.15) is 11.9 Å². The highest BCUT2D eigenvalue weighted by molar-refractivity contribution is 5.34. The average Bonchev–Trinajstić information content (AvgIpc) is 2.41. The maximum absolute atomic E-state index is 6.18. The first-order chi connectivity index (χ1) is 8.93. The van der Waals surface area contributed by atoms with Crippen LogP contribution in [-0.2, 0) is 6.54 Å². The molecule has 2 heteroatoms. The van der Waals surface area contributed by atoms with Crippen molar-refractivity contribution in [2.24, 2.45) is 0 Å². The lowest BCUT2D eigenvalue weighted by atomic mass is 10.0. The summed E-state index contributed by atoms with van der Waals surface area (Å²) < 4.78 is 6.18. The van der Waals surface area contributed by atoms with Crippen molar-refractivity contribution in [3.63, 3.8) is 0 Å². The molecule has 18 heavy (non-hydrogen) atoms. The molecule has 0 saturated carbocycles. The summed E-state index contributed by atoms with van der Waals surface area (Å²) in [5.74, 6) is 0.999. The molecule has 0 amide bonds. The molecule has 1 aliphatic heterocycles. The van der Waals surface area contributed by atoms with Gasteiger partial charge in [-0.2, -0.15) is 0 Å². The fraction of sp³-hybridized carbons (Fsp3) is 0.250. The second-order valence-electron chi connectivity index (χ2n) is 4.59. The van der Waals surface area contributed by atoms with Crippen molar-refractivity contribution >= 4 is 0 Å². The molecule has 0 radical (unpaired) electrons. The Bertz CT molecular complexity index is 510. The quantitative estimate of drug-likeness (QED) is 0.824. The molecule has 1 heterocycles. The van der Waals surface area contributed by atoms with E-state index in [0.717, 1.165) is 25.3 Å². The van der Waals surface area contributed by atoms with Gasteiger partial charge < -0.3 is 10.1 Å². The molecule has 92 valence electrons. The van der Waals surface area contributed by atoms with E-state index in [2.05, 4.69) is 47.8 Å². The summed E-state index contributed by atoms with van der Waals surface area (Å²) in [5, 5.41) is 3.46. The minimum absolute atomic E-state index is 0.139. The Balaban J connectivity index is 1.90. The monoisotopic (exact) mass is 239 g/mol. The maximum atomic E-state index is 6.18. The zero-order valence-electron chi connectivity index (χ0n) is 10.3. The Morgan fingerprint density at radius 2 is 1.72 bits per heavy atom. The van der Waals surface area contributed by atoms with Crippen LogP contribution in [0.25, 0.3) is 0 Å². The lowest BCUT2D eigenvalue weighted by Crippen LogP contribution is -2.23. The van der Waals surface area contributed by atoms with Crippen LogP contribution in [-0.4, -0.2) is 6.54 Å². The molecule has 1 atom stereocenters. The number of rotatable bonds is 1. The molecule has 1 unspecified atom stereocenters. The minimum Gasteiger partial charge on any atom is -0.485 e. The van der Waals surface area contributed by atoms with Crippen molar-refractivity contribution < 1.29 is 4.74 Å². The van der Waals surface area contributed by atoms with Gasteiger partial charge in [0, 0.05) is 18.5 Å². The molecule has 0 fully saturated rings. The zero-order valence-corrected chi connectivity index (χ0v) is 10.3. The molecule has 2 aromatic carbocycles. The van der Waals surface area contributed by atoms with Crippen LogP contribution in [0.2, 0.25) is 0 Å². The van der Waals surface area contributed by atoms with Gasteiger partial charge >= 0.3 is 0 Å². The molecule has 0 bridgehead atoms. The van der Waals surface area contributed by atoms with Crippen LogP contribution in [0.3, 0.4) is 0 Å². The van der Waals surface area contributed by atoms with Crippen molar-refractivity contribution in [2.75, 3.05) is 6.54 Å². The average molecular weight is 239 g/mol.